The van der Waals surface area contributed by atoms with Crippen LogP contribution < -0.4 is 39.3 Å². The molecule has 2 aliphatic rings. The average molecular weight is 1010 g/mol. The van der Waals surface area contributed by atoms with E-state index in [1.807, 2.05) is 4.57 Å². The smallest absolute Gasteiger partial charge is 0.341 e. The van der Waals surface area contributed by atoms with Crippen LogP contribution in [0.4, 0.5) is 32.5 Å². The summed E-state index contributed by atoms with van der Waals surface area (Å²) < 4.78 is 62.9. The van der Waals surface area contributed by atoms with Crippen molar-refractivity contribution in [2.45, 2.75) is 38.6 Å². The summed E-state index contributed by atoms with van der Waals surface area (Å²) in [6.07, 6.45) is 7.82. The maximum absolute atomic E-state index is 14.5. The fourth-order valence-corrected chi connectivity index (χ4v) is 8.59. The Morgan fingerprint density at radius 1 is 1.07 bits per heavy atom. The molecule has 69 heavy (non-hydrogen) atoms. The number of terminal acetylenes is 1. The molecule has 8 rings (SSSR count). The van der Waals surface area contributed by atoms with Crippen molar-refractivity contribution in [3.8, 4) is 29.9 Å². The van der Waals surface area contributed by atoms with Crippen molar-refractivity contribution < 1.29 is 56.4 Å². The molecule has 0 radical (unpaired) electrons. The molecule has 0 atom stereocenters. The zero-order chi connectivity index (χ0) is 50.0. The highest BCUT2D eigenvalue weighted by Crippen LogP contribution is 2.38. The second-order valence-electron chi connectivity index (χ2n) is 15.1. The number of ether oxygens (including phenoxy) is 3. The van der Waals surface area contributed by atoms with Crippen LogP contribution in [0.25, 0.3) is 10.9 Å². The lowest BCUT2D eigenvalue weighted by molar-refractivity contribution is -0.139. The molecule has 0 saturated carbocycles. The second-order valence-corrected chi connectivity index (χ2v) is 17.9. The number of aromatic nitrogens is 6. The van der Waals surface area contributed by atoms with Crippen LogP contribution in [0.3, 0.4) is 0 Å². The van der Waals surface area contributed by atoms with Gasteiger partial charge in [-0.25, -0.2) is 36.9 Å². The van der Waals surface area contributed by atoms with Crippen molar-refractivity contribution >= 4 is 91.2 Å². The Hall–Kier alpha value is -7.95. The largest absolute Gasteiger partial charge is 0.481 e. The third-order valence-electron chi connectivity index (χ3n) is 9.44. The van der Waals surface area contributed by atoms with Crippen molar-refractivity contribution in [3.63, 3.8) is 0 Å². The minimum Gasteiger partial charge on any atom is -0.481 e. The van der Waals surface area contributed by atoms with E-state index in [-0.39, 0.29) is 54.7 Å². The van der Waals surface area contributed by atoms with Crippen LogP contribution in [-0.2, 0) is 32.6 Å². The predicted molar refractivity (Wildman–Crippen MR) is 249 cm³/mol. The average Bonchev–Trinajstić information content (AvgIpc) is 3.82. The minimum absolute atomic E-state index is 0.0776. The Balaban J connectivity index is 0.000000176. The van der Waals surface area contributed by atoms with Gasteiger partial charge < -0.3 is 34.3 Å². The molecule has 5 N–H and O–H groups in total. The molecule has 26 heteroatoms. The fourth-order valence-electron chi connectivity index (χ4n) is 6.51. The standard InChI is InChI=1S/C18H17FN4O2S.C14H16N6O6S.C11H8ClNO3/c1-4-5-22-13-7-12(11(19)6-14(13)25-9-16(22)24)20-17-23-10-18(2,3)8-15(23)21-26-17;1-3-26-14-18-11(15-2)16-12(19-14)17-13(23)20-27(24,25)9-7-5-4-6-8(9)10(21)22;12-8-3-4-9(16-6-10(14)15)11-7(8)2-1-5-13-11/h1,6-7H,5,8-10H2,2-3H3;4-7H,3H2,1-2H3,(H,21,22)(H3,15,16,17,18,19,20,23);1-5H,6H2,(H,14,15). The molecule has 22 nitrogen and oxygen atoms in total. The van der Waals surface area contributed by atoms with Gasteiger partial charge >= 0.3 is 24.0 Å². The number of hydrogen-bond acceptors (Lipinski definition) is 17. The third kappa shape index (κ3) is 12.5. The number of aromatic carboxylic acids is 1. The molecule has 360 valence electrons. The van der Waals surface area contributed by atoms with E-state index in [4.69, 9.17) is 42.4 Å². The number of carboxylic acid groups (broad SMARTS) is 2. The summed E-state index contributed by atoms with van der Waals surface area (Å²) in [4.78, 5) is 67.3. The number of anilines is 3. The summed E-state index contributed by atoms with van der Waals surface area (Å²) in [5.41, 5.74) is 0.766. The van der Waals surface area contributed by atoms with Crippen molar-refractivity contribution in [3.05, 3.63) is 93.9 Å². The number of nitrogens with one attached hydrogen (secondary N) is 3. The quantitative estimate of drug-likeness (QED) is 0.0993. The summed E-state index contributed by atoms with van der Waals surface area (Å²) in [5, 5.41) is 23.7. The van der Waals surface area contributed by atoms with Crippen LogP contribution in [0.15, 0.2) is 76.7 Å². The molecule has 2 aliphatic heterocycles. The summed E-state index contributed by atoms with van der Waals surface area (Å²) in [6.45, 7) is 6.63. The first-order valence-corrected chi connectivity index (χ1v) is 22.9. The number of halogens is 2. The summed E-state index contributed by atoms with van der Waals surface area (Å²) in [5.74, 6) is 0.681. The number of amides is 3. The molecule has 3 amide bonds. The van der Waals surface area contributed by atoms with Crippen LogP contribution in [0, 0.1) is 23.6 Å². The monoisotopic (exact) mass is 1010 g/mol. The highest BCUT2D eigenvalue weighted by atomic mass is 35.5. The Morgan fingerprint density at radius 3 is 2.54 bits per heavy atom. The number of rotatable bonds is 12. The number of nitrogens with zero attached hydrogens (tertiary/aromatic N) is 8. The summed E-state index contributed by atoms with van der Waals surface area (Å²) >= 11 is 7.22. The Bertz CT molecular complexity index is 3180. The van der Waals surface area contributed by atoms with E-state index < -0.39 is 50.9 Å². The first kappa shape index (κ1) is 50.5. The number of hydrogen-bond donors (Lipinski definition) is 5. The molecule has 3 aromatic carbocycles. The number of fused-ring (bicyclic) bond motifs is 3. The lowest BCUT2D eigenvalue weighted by Crippen LogP contribution is -2.39. The first-order chi connectivity index (χ1) is 32.8. The molecule has 5 heterocycles. The normalized spacial score (nSPS) is 13.5. The van der Waals surface area contributed by atoms with Gasteiger partial charge in [0, 0.05) is 49.2 Å². The number of aliphatic carboxylic acids is 1. The molecule has 0 unspecified atom stereocenters. The van der Waals surface area contributed by atoms with Gasteiger partial charge in [0.2, 0.25) is 16.7 Å². The van der Waals surface area contributed by atoms with Crippen molar-refractivity contribution in [1.29, 1.82) is 0 Å². The number of carbonyl (C=O) groups excluding carboxylic acids is 2. The number of urea groups is 1. The molecule has 0 fully saturated rings. The fraction of sp³-hybridized carbons (Fsp3) is 0.256. The molecular weight excluding hydrogens is 965 g/mol. The predicted octanol–water partition coefficient (Wildman–Crippen LogP) is 5.13. The molecule has 0 aliphatic carbocycles. The Labute approximate surface area is 401 Å². The van der Waals surface area contributed by atoms with E-state index in [0.717, 1.165) is 36.3 Å². The van der Waals surface area contributed by atoms with Gasteiger partial charge in [-0.1, -0.05) is 43.5 Å². The molecule has 3 aromatic heterocycles. The number of pyridine rings is 1. The lowest BCUT2D eigenvalue weighted by atomic mass is 9.92. The van der Waals surface area contributed by atoms with E-state index in [0.29, 0.717) is 32.5 Å². The lowest BCUT2D eigenvalue weighted by Gasteiger charge is -2.28. The van der Waals surface area contributed by atoms with E-state index in [1.165, 1.54) is 47.7 Å². The maximum atomic E-state index is 14.5. The van der Waals surface area contributed by atoms with Gasteiger partial charge in [-0.2, -0.15) is 19.3 Å². The SMILES string of the molecule is C#CCN1C(=O)COc2cc(F)c(N=c3snc4n3CC(C)(C)C4)cc21.CCOc1nc(NC)nc(NC(=O)NS(=O)(=O)c2ccccc2C(=O)O)n1.O=C(O)COc1ccc(Cl)c2cccnc12. The van der Waals surface area contributed by atoms with Gasteiger partial charge in [0.25, 0.3) is 15.9 Å². The molecule has 6 aromatic rings. The minimum atomic E-state index is -4.45. The summed E-state index contributed by atoms with van der Waals surface area (Å²) in [6, 6.07) is 13.2. The van der Waals surface area contributed by atoms with E-state index in [1.54, 1.807) is 42.1 Å². The van der Waals surface area contributed by atoms with Crippen LogP contribution in [0.1, 0.15) is 37.0 Å². The number of benzene rings is 3. The Morgan fingerprint density at radius 2 is 1.83 bits per heavy atom. The van der Waals surface area contributed by atoms with E-state index in [9.17, 15) is 32.0 Å². The van der Waals surface area contributed by atoms with Crippen LogP contribution >= 0.6 is 23.1 Å². The van der Waals surface area contributed by atoms with Crippen LogP contribution in [0.2, 0.25) is 5.02 Å². The third-order valence-corrected chi connectivity index (χ3v) is 11.9. The first-order valence-electron chi connectivity index (χ1n) is 20.2. The van der Waals surface area contributed by atoms with Gasteiger partial charge in [0.05, 0.1) is 29.4 Å². The van der Waals surface area contributed by atoms with Crippen molar-refractivity contribution in [2.75, 3.05) is 48.9 Å². The van der Waals surface area contributed by atoms with Crippen LogP contribution in [-0.4, -0.2) is 105 Å². The van der Waals surface area contributed by atoms with Crippen molar-refractivity contribution in [1.82, 2.24) is 33.6 Å². The number of sulfonamides is 1. The topological polar surface area (TPSA) is 292 Å². The highest BCUT2D eigenvalue weighted by Gasteiger charge is 2.31. The van der Waals surface area contributed by atoms with Crippen LogP contribution in [0.5, 0.6) is 17.5 Å². The molecular formula is C43H41ClFN11O11S2. The van der Waals surface area contributed by atoms with Crippen molar-refractivity contribution in [2.24, 2.45) is 10.4 Å². The van der Waals surface area contributed by atoms with Gasteiger partial charge in [-0.05, 0) is 54.8 Å². The van der Waals surface area contributed by atoms with Gasteiger partial charge in [0.1, 0.15) is 33.4 Å². The van der Waals surface area contributed by atoms with E-state index >= 15 is 0 Å². The molecule has 0 bridgehead atoms. The van der Waals surface area contributed by atoms with E-state index in [2.05, 4.69) is 59.7 Å². The number of carbonyl (C=O) groups is 4. The Kier molecular flexibility index (Phi) is 15.9. The second kappa shape index (κ2) is 21.8. The molecule has 0 saturated heterocycles. The van der Waals surface area contributed by atoms with Gasteiger partial charge in [0.15, 0.2) is 19.0 Å². The van der Waals surface area contributed by atoms with Gasteiger partial charge in [-0.15, -0.1) is 6.42 Å². The molecule has 0 spiro atoms. The zero-order valence-corrected chi connectivity index (χ0v) is 39.3. The number of carboxylic acids is 2. The van der Waals surface area contributed by atoms with Gasteiger partial charge in [-0.3, -0.25) is 20.0 Å². The maximum Gasteiger partial charge on any atom is 0.341 e. The highest BCUT2D eigenvalue weighted by molar-refractivity contribution is 7.90. The summed E-state index contributed by atoms with van der Waals surface area (Å²) in [7, 11) is -2.92. The zero-order valence-electron chi connectivity index (χ0n) is 36.9.